The van der Waals surface area contributed by atoms with Crippen LogP contribution in [-0.2, 0) is 8.23 Å². The van der Waals surface area contributed by atoms with E-state index in [4.69, 9.17) is 19.3 Å². The molecule has 0 radical (unpaired) electrons. The predicted octanol–water partition coefficient (Wildman–Crippen LogP) is 5.84. The summed E-state index contributed by atoms with van der Waals surface area (Å²) in [6.45, 7) is 19.8. The Labute approximate surface area is 128 Å². The number of hydrogen-bond acceptors (Lipinski definition) is 2. The molecule has 0 aliphatic rings. The van der Waals surface area contributed by atoms with Gasteiger partial charge in [-0.2, -0.15) is 0 Å². The van der Waals surface area contributed by atoms with Crippen LogP contribution >= 0.6 is 11.1 Å². The number of rotatable bonds is 8. The Bertz CT molecular complexity index is 270. The van der Waals surface area contributed by atoms with Crippen LogP contribution in [0.2, 0.25) is 43.8 Å². The molecule has 0 spiro atoms. The summed E-state index contributed by atoms with van der Waals surface area (Å²) in [7, 11) is -5.98. The fraction of sp³-hybridized carbons (Fsp3) is 1.00. The van der Waals surface area contributed by atoms with E-state index in [2.05, 4.69) is 60.4 Å². The second-order valence-corrected chi connectivity index (χ2v) is 20.8. The van der Waals surface area contributed by atoms with Crippen LogP contribution in [0.15, 0.2) is 0 Å². The highest BCUT2D eigenvalue weighted by Crippen LogP contribution is 2.43. The van der Waals surface area contributed by atoms with E-state index in [9.17, 15) is 0 Å². The lowest BCUT2D eigenvalue weighted by Crippen LogP contribution is -2.54. The molecular weight excluding hydrogens is 308 g/mol. The molecule has 0 fully saturated rings. The maximum Gasteiger partial charge on any atom is 0.311 e. The Morgan fingerprint density at radius 1 is 0.842 bits per heavy atom. The van der Waals surface area contributed by atoms with Gasteiger partial charge in [-0.15, -0.1) is 11.1 Å². The fourth-order valence-electron chi connectivity index (χ4n) is 2.38. The van der Waals surface area contributed by atoms with Crippen molar-refractivity contribution in [2.75, 3.05) is 0 Å². The van der Waals surface area contributed by atoms with E-state index >= 15 is 0 Å². The van der Waals surface area contributed by atoms with E-state index < -0.39 is 24.5 Å². The Morgan fingerprint density at radius 2 is 1.21 bits per heavy atom. The molecule has 2 atom stereocenters. The van der Waals surface area contributed by atoms with Crippen LogP contribution in [-0.4, -0.2) is 24.5 Å². The first-order valence-corrected chi connectivity index (χ1v) is 16.8. The van der Waals surface area contributed by atoms with Crippen molar-refractivity contribution in [2.45, 2.75) is 84.4 Å². The molecule has 116 valence electrons. The zero-order chi connectivity index (χ0) is 15.5. The van der Waals surface area contributed by atoms with Crippen LogP contribution in [0.3, 0.4) is 0 Å². The molecule has 0 aromatic rings. The summed E-state index contributed by atoms with van der Waals surface area (Å²) in [4.78, 5) is 0. The highest BCUT2D eigenvalue weighted by Gasteiger charge is 2.48. The largest absolute Gasteiger partial charge is 0.437 e. The topological polar surface area (TPSA) is 18.5 Å². The van der Waals surface area contributed by atoms with Gasteiger partial charge in [-0.1, -0.05) is 40.5 Å². The van der Waals surface area contributed by atoms with Gasteiger partial charge in [-0.3, -0.25) is 0 Å². The summed E-state index contributed by atoms with van der Waals surface area (Å²) >= 11 is 7.04. The monoisotopic (exact) mass is 340 g/mol. The molecule has 0 bridgehead atoms. The molecule has 0 aromatic heterocycles. The summed E-state index contributed by atoms with van der Waals surface area (Å²) in [5, 5.41) is 0. The van der Waals surface area contributed by atoms with Gasteiger partial charge < -0.3 is 8.23 Å². The number of halogens is 1. The van der Waals surface area contributed by atoms with Crippen LogP contribution in [0.4, 0.5) is 0 Å². The van der Waals surface area contributed by atoms with Crippen molar-refractivity contribution in [2.24, 2.45) is 0 Å². The normalized spacial score (nSPS) is 19.9. The Morgan fingerprint density at radius 3 is 1.47 bits per heavy atom. The molecule has 2 unspecified atom stereocenters. The minimum absolute atomic E-state index is 0.459. The maximum atomic E-state index is 7.04. The average molecular weight is 341 g/mol. The van der Waals surface area contributed by atoms with Crippen LogP contribution in [0, 0.1) is 0 Å². The molecule has 19 heavy (non-hydrogen) atoms. The molecule has 0 heterocycles. The van der Waals surface area contributed by atoms with Crippen molar-refractivity contribution in [1.29, 1.82) is 0 Å². The van der Waals surface area contributed by atoms with Crippen molar-refractivity contribution < 1.29 is 8.23 Å². The van der Waals surface area contributed by atoms with Crippen molar-refractivity contribution >= 4 is 35.6 Å². The second-order valence-electron chi connectivity index (χ2n) is 7.03. The van der Waals surface area contributed by atoms with Crippen molar-refractivity contribution in [3.8, 4) is 0 Å². The molecular formula is C13H33ClO2Si3. The predicted molar refractivity (Wildman–Crippen MR) is 94.0 cm³/mol. The zero-order valence-electron chi connectivity index (χ0n) is 14.3. The third-order valence-corrected chi connectivity index (χ3v) is 17.6. The van der Waals surface area contributed by atoms with Gasteiger partial charge >= 0.3 is 8.56 Å². The quantitative estimate of drug-likeness (QED) is 0.408. The summed E-state index contributed by atoms with van der Waals surface area (Å²) in [5.41, 5.74) is 0.919. The standard InChI is InChI=1S/C13H33ClO2Si3/c1-10-12(3)19(14,13(4)11-2)16-18(8,9)15-17(5,6)7/h12-13H,10-11H2,1-9H3. The first-order chi connectivity index (χ1) is 8.38. The maximum absolute atomic E-state index is 7.04. The molecule has 0 N–H and O–H groups in total. The Balaban J connectivity index is 5.11. The minimum atomic E-state index is -2.26. The third-order valence-electron chi connectivity index (χ3n) is 3.52. The van der Waals surface area contributed by atoms with E-state index in [-0.39, 0.29) is 0 Å². The molecule has 2 nitrogen and oxygen atoms in total. The summed E-state index contributed by atoms with van der Waals surface area (Å²) in [6, 6.07) is 0. The van der Waals surface area contributed by atoms with Gasteiger partial charge in [0.05, 0.1) is 0 Å². The molecule has 0 amide bonds. The van der Waals surface area contributed by atoms with E-state index in [1.807, 2.05) is 0 Å². The van der Waals surface area contributed by atoms with Gasteiger partial charge in [0.15, 0.2) is 8.32 Å². The SMILES string of the molecule is CCC(C)[Si](Cl)(O[Si](C)(C)O[Si](C)(C)C)C(C)CC. The highest BCUT2D eigenvalue weighted by molar-refractivity contribution is 7.20. The lowest BCUT2D eigenvalue weighted by molar-refractivity contribution is 0.380. The van der Waals surface area contributed by atoms with E-state index in [1.165, 1.54) is 0 Å². The number of hydrogen-bond donors (Lipinski definition) is 0. The van der Waals surface area contributed by atoms with Crippen molar-refractivity contribution in [1.82, 2.24) is 0 Å². The molecule has 0 rings (SSSR count). The summed E-state index contributed by atoms with van der Waals surface area (Å²) < 4.78 is 12.9. The smallest absolute Gasteiger partial charge is 0.311 e. The summed E-state index contributed by atoms with van der Waals surface area (Å²) in [6.07, 6.45) is 2.16. The van der Waals surface area contributed by atoms with Gasteiger partial charge in [-0.25, -0.2) is 0 Å². The van der Waals surface area contributed by atoms with E-state index in [0.717, 1.165) is 12.8 Å². The molecule has 0 aliphatic heterocycles. The highest BCUT2D eigenvalue weighted by atomic mass is 35.6. The minimum Gasteiger partial charge on any atom is -0.437 e. The lowest BCUT2D eigenvalue weighted by Gasteiger charge is -2.42. The lowest BCUT2D eigenvalue weighted by atomic mass is 10.4. The summed E-state index contributed by atoms with van der Waals surface area (Å²) in [5.74, 6) is 0. The molecule has 0 saturated carbocycles. The van der Waals surface area contributed by atoms with Crippen LogP contribution in [0.5, 0.6) is 0 Å². The van der Waals surface area contributed by atoms with E-state index in [0.29, 0.717) is 11.1 Å². The van der Waals surface area contributed by atoms with Crippen LogP contribution < -0.4 is 0 Å². The zero-order valence-corrected chi connectivity index (χ0v) is 18.0. The van der Waals surface area contributed by atoms with Crippen LogP contribution in [0.1, 0.15) is 40.5 Å². The van der Waals surface area contributed by atoms with Gasteiger partial charge in [0.1, 0.15) is 0 Å². The van der Waals surface area contributed by atoms with Gasteiger partial charge in [0, 0.05) is 0 Å². The van der Waals surface area contributed by atoms with Gasteiger partial charge in [0.25, 0.3) is 7.63 Å². The Kier molecular flexibility index (Phi) is 7.55. The van der Waals surface area contributed by atoms with Crippen molar-refractivity contribution in [3.05, 3.63) is 0 Å². The van der Waals surface area contributed by atoms with E-state index in [1.54, 1.807) is 0 Å². The van der Waals surface area contributed by atoms with Gasteiger partial charge in [0.2, 0.25) is 0 Å². The Hall–Kier alpha value is 0.861. The van der Waals surface area contributed by atoms with Crippen molar-refractivity contribution in [3.63, 3.8) is 0 Å². The van der Waals surface area contributed by atoms with Crippen LogP contribution in [0.25, 0.3) is 0 Å². The third kappa shape index (κ3) is 6.44. The molecule has 0 saturated heterocycles. The molecule has 0 aliphatic carbocycles. The van der Waals surface area contributed by atoms with Gasteiger partial charge in [-0.05, 0) is 43.8 Å². The second kappa shape index (κ2) is 7.22. The first-order valence-electron chi connectivity index (χ1n) is 7.47. The molecule has 6 heteroatoms. The molecule has 0 aromatic carbocycles. The fourth-order valence-corrected chi connectivity index (χ4v) is 18.1. The average Bonchev–Trinajstić information content (AvgIpc) is 2.22. The first kappa shape index (κ1) is 19.9.